The molecule has 0 saturated heterocycles. The van der Waals surface area contributed by atoms with Crippen molar-refractivity contribution >= 4 is 9.04 Å². The Balaban J connectivity index is 2.35. The monoisotopic (exact) mass is 342 g/mol. The summed E-state index contributed by atoms with van der Waals surface area (Å²) in [7, 11) is -1.43. The number of benzene rings is 1. The standard InChI is InChI=1S/C18H28F2O2Si/c1-16(2,3)23(6)22-15-11-10-12-13(15)8-7-9-14(12)18(19,20)17(4,5)21/h7-9,15,21,23H,10-11H2,1-6H3/t15-,23?/m0/s1. The summed E-state index contributed by atoms with van der Waals surface area (Å²) < 4.78 is 35.5. The number of fused-ring (bicyclic) bond motifs is 1. The van der Waals surface area contributed by atoms with Crippen molar-refractivity contribution in [3.05, 3.63) is 34.9 Å². The molecule has 23 heavy (non-hydrogen) atoms. The van der Waals surface area contributed by atoms with Gasteiger partial charge < -0.3 is 9.53 Å². The van der Waals surface area contributed by atoms with Crippen LogP contribution in [0.2, 0.25) is 11.6 Å². The minimum atomic E-state index is -3.28. The molecule has 1 aromatic rings. The molecule has 1 aliphatic rings. The highest BCUT2D eigenvalue weighted by atomic mass is 28.3. The number of hydrogen-bond donors (Lipinski definition) is 1. The van der Waals surface area contributed by atoms with Crippen molar-refractivity contribution in [2.75, 3.05) is 0 Å². The van der Waals surface area contributed by atoms with Crippen LogP contribution in [0, 0.1) is 0 Å². The fourth-order valence-electron chi connectivity index (χ4n) is 2.83. The van der Waals surface area contributed by atoms with Crippen molar-refractivity contribution in [3.63, 3.8) is 0 Å². The van der Waals surface area contributed by atoms with Gasteiger partial charge in [0, 0.05) is 5.56 Å². The molecule has 2 rings (SSSR count). The van der Waals surface area contributed by atoms with Crippen molar-refractivity contribution in [2.45, 2.75) is 76.7 Å². The molecule has 130 valence electrons. The highest BCUT2D eigenvalue weighted by molar-refractivity contribution is 6.53. The molecular weight excluding hydrogens is 314 g/mol. The van der Waals surface area contributed by atoms with E-state index in [1.54, 1.807) is 6.07 Å². The van der Waals surface area contributed by atoms with Crippen LogP contribution in [0.5, 0.6) is 0 Å². The normalized spacial score (nSPS) is 20.5. The van der Waals surface area contributed by atoms with Gasteiger partial charge in [0.25, 0.3) is 0 Å². The van der Waals surface area contributed by atoms with E-state index in [0.29, 0.717) is 12.0 Å². The lowest BCUT2D eigenvalue weighted by Gasteiger charge is -2.31. The molecule has 0 fully saturated rings. The first-order valence-corrected chi connectivity index (χ1v) is 10.4. The molecule has 5 heteroatoms. The van der Waals surface area contributed by atoms with E-state index in [-0.39, 0.29) is 16.7 Å². The van der Waals surface area contributed by atoms with Crippen molar-refractivity contribution < 1.29 is 18.3 Å². The van der Waals surface area contributed by atoms with Gasteiger partial charge in [0.1, 0.15) is 5.60 Å². The van der Waals surface area contributed by atoms with Gasteiger partial charge in [-0.25, -0.2) is 0 Å². The van der Waals surface area contributed by atoms with Gasteiger partial charge >= 0.3 is 5.92 Å². The molecule has 2 nitrogen and oxygen atoms in total. The van der Waals surface area contributed by atoms with E-state index in [9.17, 15) is 13.9 Å². The predicted molar refractivity (Wildman–Crippen MR) is 91.5 cm³/mol. The van der Waals surface area contributed by atoms with E-state index < -0.39 is 20.6 Å². The molecule has 0 heterocycles. The van der Waals surface area contributed by atoms with Crippen LogP contribution in [-0.2, 0) is 16.8 Å². The molecule has 0 aliphatic heterocycles. The molecule has 0 amide bonds. The highest BCUT2D eigenvalue weighted by Gasteiger charge is 2.49. The minimum absolute atomic E-state index is 0.0568. The van der Waals surface area contributed by atoms with Gasteiger partial charge in [0.15, 0.2) is 9.04 Å². The molecule has 1 aromatic carbocycles. The zero-order chi connectivity index (χ0) is 17.6. The summed E-state index contributed by atoms with van der Waals surface area (Å²) in [4.78, 5) is 0. The Labute approximate surface area is 139 Å². The summed E-state index contributed by atoms with van der Waals surface area (Å²) in [5.41, 5.74) is -0.623. The van der Waals surface area contributed by atoms with Crippen molar-refractivity contribution in [2.24, 2.45) is 0 Å². The van der Waals surface area contributed by atoms with E-state index in [1.807, 2.05) is 6.07 Å². The van der Waals surface area contributed by atoms with Crippen LogP contribution in [-0.4, -0.2) is 19.7 Å². The first-order chi connectivity index (χ1) is 10.4. The molecule has 0 aromatic heterocycles. The van der Waals surface area contributed by atoms with Crippen LogP contribution >= 0.6 is 0 Å². The Morgan fingerprint density at radius 3 is 2.30 bits per heavy atom. The zero-order valence-electron chi connectivity index (χ0n) is 14.9. The molecule has 0 saturated carbocycles. The van der Waals surface area contributed by atoms with Crippen LogP contribution in [0.4, 0.5) is 8.78 Å². The second-order valence-electron chi connectivity index (χ2n) is 8.18. The first-order valence-electron chi connectivity index (χ1n) is 8.23. The van der Waals surface area contributed by atoms with E-state index in [2.05, 4.69) is 27.3 Å². The topological polar surface area (TPSA) is 29.5 Å². The largest absolute Gasteiger partial charge is 0.413 e. The van der Waals surface area contributed by atoms with E-state index in [1.165, 1.54) is 6.07 Å². The fourth-order valence-corrected chi connectivity index (χ4v) is 4.02. The molecular formula is C18H28F2O2Si. The van der Waals surface area contributed by atoms with Crippen LogP contribution < -0.4 is 0 Å². The van der Waals surface area contributed by atoms with Gasteiger partial charge in [-0.3, -0.25) is 0 Å². The van der Waals surface area contributed by atoms with Gasteiger partial charge in [0.2, 0.25) is 0 Å². The number of aliphatic hydroxyl groups is 1. The maximum Gasteiger partial charge on any atom is 0.300 e. The molecule has 0 spiro atoms. The smallest absolute Gasteiger partial charge is 0.300 e. The number of rotatable bonds is 4. The van der Waals surface area contributed by atoms with Crippen molar-refractivity contribution in [3.8, 4) is 0 Å². The highest BCUT2D eigenvalue weighted by Crippen LogP contribution is 2.46. The SMILES string of the molecule is C[SiH](O[C@H]1CCc2c1cccc2C(F)(F)C(C)(C)O)C(C)(C)C. The Kier molecular flexibility index (Phi) is 4.79. The lowest BCUT2D eigenvalue weighted by Crippen LogP contribution is -2.40. The Hall–Kier alpha value is -0.783. The molecule has 2 atom stereocenters. The maximum atomic E-state index is 14.6. The quantitative estimate of drug-likeness (QED) is 0.803. The Bertz CT molecular complexity index is 573. The number of alkyl halides is 2. The molecule has 1 aliphatic carbocycles. The van der Waals surface area contributed by atoms with Gasteiger partial charge in [-0.2, -0.15) is 8.78 Å². The lowest BCUT2D eigenvalue weighted by molar-refractivity contribution is -0.169. The van der Waals surface area contributed by atoms with Gasteiger partial charge in [-0.15, -0.1) is 0 Å². The third-order valence-electron chi connectivity index (χ3n) is 4.91. The first kappa shape index (κ1) is 18.6. The summed E-state index contributed by atoms with van der Waals surface area (Å²) in [6.45, 7) is 11.0. The Morgan fingerprint density at radius 1 is 1.17 bits per heavy atom. The summed E-state index contributed by atoms with van der Waals surface area (Å²) in [6.07, 6.45) is 1.22. The van der Waals surface area contributed by atoms with E-state index in [4.69, 9.17) is 4.43 Å². The van der Waals surface area contributed by atoms with E-state index in [0.717, 1.165) is 25.8 Å². The second kappa shape index (κ2) is 5.94. The van der Waals surface area contributed by atoms with Gasteiger partial charge in [0.05, 0.1) is 6.10 Å². The average molecular weight is 343 g/mol. The number of hydrogen-bond acceptors (Lipinski definition) is 2. The summed E-state index contributed by atoms with van der Waals surface area (Å²) in [5.74, 6) is -3.28. The van der Waals surface area contributed by atoms with Crippen LogP contribution in [0.25, 0.3) is 0 Å². The molecule has 1 N–H and O–H groups in total. The second-order valence-corrected chi connectivity index (χ2v) is 11.5. The summed E-state index contributed by atoms with van der Waals surface area (Å²) in [6, 6.07) is 4.98. The lowest BCUT2D eigenvalue weighted by atomic mass is 9.89. The maximum absolute atomic E-state index is 14.6. The fraction of sp³-hybridized carbons (Fsp3) is 0.667. The third-order valence-corrected chi connectivity index (χ3v) is 8.09. The van der Waals surface area contributed by atoms with Crippen molar-refractivity contribution in [1.82, 2.24) is 0 Å². The molecule has 1 unspecified atom stereocenters. The van der Waals surface area contributed by atoms with E-state index >= 15 is 0 Å². The molecule has 0 radical (unpaired) electrons. The zero-order valence-corrected chi connectivity index (χ0v) is 16.1. The van der Waals surface area contributed by atoms with Crippen LogP contribution in [0.15, 0.2) is 18.2 Å². The summed E-state index contributed by atoms with van der Waals surface area (Å²) in [5, 5.41) is 10.0. The van der Waals surface area contributed by atoms with Crippen LogP contribution in [0.3, 0.4) is 0 Å². The van der Waals surface area contributed by atoms with Crippen molar-refractivity contribution in [1.29, 1.82) is 0 Å². The van der Waals surface area contributed by atoms with Gasteiger partial charge in [-0.1, -0.05) is 39.0 Å². The summed E-state index contributed by atoms with van der Waals surface area (Å²) >= 11 is 0. The van der Waals surface area contributed by atoms with Gasteiger partial charge in [-0.05, 0) is 49.4 Å². The predicted octanol–water partition coefficient (Wildman–Crippen LogP) is 4.71. The minimum Gasteiger partial charge on any atom is -0.413 e. The number of halogens is 2. The Morgan fingerprint density at radius 2 is 1.78 bits per heavy atom. The molecule has 0 bridgehead atoms. The third kappa shape index (κ3) is 3.51. The average Bonchev–Trinajstić information content (AvgIpc) is 2.79. The van der Waals surface area contributed by atoms with Crippen LogP contribution in [0.1, 0.15) is 63.8 Å².